The minimum Gasteiger partial charge on any atom is -0.507 e. The summed E-state index contributed by atoms with van der Waals surface area (Å²) < 4.78 is 24.3. The maximum absolute atomic E-state index is 13.4. The molecule has 1 amide bonds. The van der Waals surface area contributed by atoms with E-state index in [0.717, 1.165) is 0 Å². The van der Waals surface area contributed by atoms with Crippen LogP contribution in [-0.4, -0.2) is 23.9 Å². The molecule has 30 heavy (non-hydrogen) atoms. The number of halogens is 1. The number of ketones is 1. The molecule has 1 aliphatic heterocycles. The van der Waals surface area contributed by atoms with E-state index in [-0.39, 0.29) is 11.3 Å². The Bertz CT molecular complexity index is 1160. The number of Topliss-reactive ketones (excluding diaryl/α,β-unsaturated/α-hetero) is 1. The van der Waals surface area contributed by atoms with Gasteiger partial charge in [-0.15, -0.1) is 0 Å². The molecule has 0 radical (unpaired) electrons. The third kappa shape index (κ3) is 3.24. The molecule has 1 fully saturated rings. The number of nitrogens with zero attached hydrogens (tertiary/aromatic N) is 1. The van der Waals surface area contributed by atoms with Crippen LogP contribution in [0.4, 0.5) is 10.1 Å². The summed E-state index contributed by atoms with van der Waals surface area (Å²) in [6.07, 6.45) is 0. The molecule has 0 bridgehead atoms. The molecule has 0 saturated carbocycles. The zero-order valence-electron chi connectivity index (χ0n) is 16.3. The molecule has 1 aromatic heterocycles. The summed E-state index contributed by atoms with van der Waals surface area (Å²) in [6, 6.07) is 14.0. The summed E-state index contributed by atoms with van der Waals surface area (Å²) in [4.78, 5) is 27.1. The van der Waals surface area contributed by atoms with Gasteiger partial charge in [0.05, 0.1) is 12.7 Å². The van der Waals surface area contributed by atoms with Gasteiger partial charge in [0.2, 0.25) is 0 Å². The quantitative estimate of drug-likeness (QED) is 0.395. The Balaban J connectivity index is 1.93. The van der Waals surface area contributed by atoms with Crippen LogP contribution in [0.25, 0.3) is 5.76 Å². The normalized spacial score (nSPS) is 18.1. The van der Waals surface area contributed by atoms with Crippen LogP contribution in [0.5, 0.6) is 5.75 Å². The van der Waals surface area contributed by atoms with Gasteiger partial charge in [0.15, 0.2) is 0 Å². The first-order chi connectivity index (χ1) is 14.4. The zero-order chi connectivity index (χ0) is 21.4. The Kier molecular flexibility index (Phi) is 4.87. The molecule has 7 heteroatoms. The predicted octanol–water partition coefficient (Wildman–Crippen LogP) is 4.36. The average molecular weight is 407 g/mol. The van der Waals surface area contributed by atoms with Crippen molar-refractivity contribution in [1.82, 2.24) is 0 Å². The molecule has 1 atom stereocenters. The van der Waals surface area contributed by atoms with Crippen molar-refractivity contribution < 1.29 is 28.2 Å². The molecule has 1 saturated heterocycles. The average Bonchev–Trinajstić information content (AvgIpc) is 3.29. The molecule has 1 N–H and O–H groups in total. The van der Waals surface area contributed by atoms with Gasteiger partial charge in [-0.2, -0.15) is 0 Å². The number of carbonyl (C=O) groups is 2. The number of aliphatic hydroxyl groups excluding tert-OH is 1. The molecule has 4 rings (SSSR count). The number of furan rings is 1. The van der Waals surface area contributed by atoms with E-state index in [1.165, 1.54) is 36.3 Å². The molecule has 152 valence electrons. The van der Waals surface area contributed by atoms with Gasteiger partial charge in [-0.3, -0.25) is 14.5 Å². The molecule has 2 aromatic carbocycles. The monoisotopic (exact) mass is 407 g/mol. The van der Waals surface area contributed by atoms with Crippen molar-refractivity contribution in [3.05, 3.63) is 89.1 Å². The fraction of sp³-hybridized carbons (Fsp3) is 0.130. The van der Waals surface area contributed by atoms with E-state index >= 15 is 0 Å². The van der Waals surface area contributed by atoms with Crippen LogP contribution in [0.3, 0.4) is 0 Å². The summed E-state index contributed by atoms with van der Waals surface area (Å²) >= 11 is 0. The van der Waals surface area contributed by atoms with Crippen LogP contribution < -0.4 is 9.64 Å². The molecule has 1 unspecified atom stereocenters. The fourth-order valence-electron chi connectivity index (χ4n) is 3.50. The maximum Gasteiger partial charge on any atom is 0.300 e. The molecular weight excluding hydrogens is 389 g/mol. The standard InChI is InChI=1S/C23H18FNO5/c1-13-6-11-18(30-13)20-19(21(26)14-4-3-5-17(12-14)29-2)22(27)23(28)25(20)16-9-7-15(24)8-10-16/h3-12,20,26H,1-2H3/b21-19-. The molecular formula is C23H18FNO5. The summed E-state index contributed by atoms with van der Waals surface area (Å²) in [5.74, 6) is -1.16. The number of hydrogen-bond donors (Lipinski definition) is 1. The Morgan fingerprint density at radius 3 is 2.47 bits per heavy atom. The van der Waals surface area contributed by atoms with Gasteiger partial charge in [0.1, 0.15) is 34.9 Å². The largest absolute Gasteiger partial charge is 0.507 e. The highest BCUT2D eigenvalue weighted by Crippen LogP contribution is 2.42. The number of aliphatic hydroxyl groups is 1. The van der Waals surface area contributed by atoms with Gasteiger partial charge in [-0.1, -0.05) is 12.1 Å². The summed E-state index contributed by atoms with van der Waals surface area (Å²) in [5, 5.41) is 11.0. The van der Waals surface area contributed by atoms with Crippen molar-refractivity contribution in [3.63, 3.8) is 0 Å². The van der Waals surface area contributed by atoms with E-state index < -0.39 is 23.5 Å². The van der Waals surface area contributed by atoms with E-state index in [2.05, 4.69) is 0 Å². The van der Waals surface area contributed by atoms with E-state index in [4.69, 9.17) is 9.15 Å². The first-order valence-corrected chi connectivity index (χ1v) is 9.18. The summed E-state index contributed by atoms with van der Waals surface area (Å²) in [5.41, 5.74) is 0.508. The van der Waals surface area contributed by atoms with Gasteiger partial charge in [-0.25, -0.2) is 4.39 Å². The lowest BCUT2D eigenvalue weighted by molar-refractivity contribution is -0.132. The fourth-order valence-corrected chi connectivity index (χ4v) is 3.50. The second-order valence-electron chi connectivity index (χ2n) is 6.83. The first-order valence-electron chi connectivity index (χ1n) is 9.18. The Labute approximate surface area is 171 Å². The lowest BCUT2D eigenvalue weighted by Crippen LogP contribution is -2.29. The lowest BCUT2D eigenvalue weighted by atomic mass is 9.99. The van der Waals surface area contributed by atoms with Crippen LogP contribution in [0.1, 0.15) is 23.1 Å². The Morgan fingerprint density at radius 2 is 1.83 bits per heavy atom. The molecule has 0 aliphatic carbocycles. The van der Waals surface area contributed by atoms with E-state index in [1.807, 2.05) is 0 Å². The van der Waals surface area contributed by atoms with Crippen molar-refractivity contribution in [2.24, 2.45) is 0 Å². The molecule has 3 aromatic rings. The first kappa shape index (κ1) is 19.4. The topological polar surface area (TPSA) is 80.0 Å². The summed E-state index contributed by atoms with van der Waals surface area (Å²) in [7, 11) is 1.48. The van der Waals surface area contributed by atoms with Crippen molar-refractivity contribution in [2.45, 2.75) is 13.0 Å². The molecule has 2 heterocycles. The van der Waals surface area contributed by atoms with Crippen LogP contribution in [0, 0.1) is 12.7 Å². The number of rotatable bonds is 4. The van der Waals surface area contributed by atoms with Gasteiger partial charge in [0, 0.05) is 11.3 Å². The number of carbonyl (C=O) groups excluding carboxylic acids is 2. The minimum atomic E-state index is -1.00. The van der Waals surface area contributed by atoms with E-state index in [1.54, 1.807) is 43.3 Å². The second kappa shape index (κ2) is 7.51. The van der Waals surface area contributed by atoms with Crippen molar-refractivity contribution in [2.75, 3.05) is 12.0 Å². The molecule has 0 spiro atoms. The van der Waals surface area contributed by atoms with Crippen molar-refractivity contribution in [1.29, 1.82) is 0 Å². The lowest BCUT2D eigenvalue weighted by Gasteiger charge is -2.23. The molecule has 1 aliphatic rings. The Hall–Kier alpha value is -3.87. The second-order valence-corrected chi connectivity index (χ2v) is 6.83. The number of benzene rings is 2. The highest BCUT2D eigenvalue weighted by molar-refractivity contribution is 6.51. The Morgan fingerprint density at radius 1 is 1.10 bits per heavy atom. The number of hydrogen-bond acceptors (Lipinski definition) is 5. The third-order valence-corrected chi connectivity index (χ3v) is 4.92. The molecule has 6 nitrogen and oxygen atoms in total. The van der Waals surface area contributed by atoms with Gasteiger partial charge >= 0.3 is 0 Å². The third-order valence-electron chi connectivity index (χ3n) is 4.92. The maximum atomic E-state index is 13.4. The van der Waals surface area contributed by atoms with Crippen LogP contribution in [-0.2, 0) is 9.59 Å². The number of anilines is 1. The zero-order valence-corrected chi connectivity index (χ0v) is 16.3. The SMILES string of the molecule is COc1cccc(/C(O)=C2/C(=O)C(=O)N(c3ccc(F)cc3)C2c2ccc(C)o2)c1. The van der Waals surface area contributed by atoms with E-state index in [9.17, 15) is 19.1 Å². The number of amides is 1. The van der Waals surface area contributed by atoms with Gasteiger partial charge < -0.3 is 14.3 Å². The van der Waals surface area contributed by atoms with Crippen LogP contribution in [0.15, 0.2) is 70.7 Å². The summed E-state index contributed by atoms with van der Waals surface area (Å²) in [6.45, 7) is 1.73. The highest BCUT2D eigenvalue weighted by Gasteiger charge is 2.48. The number of aryl methyl sites for hydroxylation is 1. The number of methoxy groups -OCH3 is 1. The smallest absolute Gasteiger partial charge is 0.300 e. The highest BCUT2D eigenvalue weighted by atomic mass is 19.1. The van der Waals surface area contributed by atoms with Gasteiger partial charge in [-0.05, 0) is 55.5 Å². The van der Waals surface area contributed by atoms with E-state index in [0.29, 0.717) is 28.5 Å². The van der Waals surface area contributed by atoms with Crippen molar-refractivity contribution in [3.8, 4) is 5.75 Å². The predicted molar refractivity (Wildman–Crippen MR) is 108 cm³/mol. The number of ether oxygens (including phenoxy) is 1. The van der Waals surface area contributed by atoms with Crippen LogP contribution in [0.2, 0.25) is 0 Å². The van der Waals surface area contributed by atoms with Crippen molar-refractivity contribution >= 4 is 23.1 Å². The van der Waals surface area contributed by atoms with Gasteiger partial charge in [0.25, 0.3) is 11.7 Å². The minimum absolute atomic E-state index is 0.119. The van der Waals surface area contributed by atoms with Crippen LogP contribution >= 0.6 is 0 Å².